The van der Waals surface area contributed by atoms with Crippen molar-refractivity contribution in [1.29, 1.82) is 0 Å². The number of halogens is 3. The van der Waals surface area contributed by atoms with Gasteiger partial charge in [0.2, 0.25) is 0 Å². The minimum Gasteiger partial charge on any atom is -0.467 e. The average molecular weight is 358 g/mol. The van der Waals surface area contributed by atoms with E-state index in [-0.39, 0.29) is 22.5 Å². The molecule has 0 bridgehead atoms. The number of nitrogens with one attached hydrogen (secondary N) is 1. The van der Waals surface area contributed by atoms with E-state index in [0.29, 0.717) is 0 Å². The Labute approximate surface area is 131 Å². The monoisotopic (exact) mass is 357 g/mol. The standard InChI is InChI=1S/C16H18BrF2NO/c1-3-7-20-14(16-10(2)6-8-21-16)9-11-13(18)5-4-12(17)15(11)19/h4-6,8,14,20H,3,7,9H2,1-2H3. The van der Waals surface area contributed by atoms with Crippen LogP contribution in [-0.4, -0.2) is 6.54 Å². The molecule has 0 aliphatic carbocycles. The van der Waals surface area contributed by atoms with E-state index in [1.165, 1.54) is 12.1 Å². The van der Waals surface area contributed by atoms with Crippen molar-refractivity contribution >= 4 is 15.9 Å². The molecule has 114 valence electrons. The summed E-state index contributed by atoms with van der Waals surface area (Å²) in [7, 11) is 0. The van der Waals surface area contributed by atoms with Crippen molar-refractivity contribution in [2.45, 2.75) is 32.7 Å². The van der Waals surface area contributed by atoms with Crippen LogP contribution in [0.3, 0.4) is 0 Å². The Kier molecular flexibility index (Phi) is 5.53. The first-order valence-corrected chi connectivity index (χ1v) is 7.73. The highest BCUT2D eigenvalue weighted by molar-refractivity contribution is 9.10. The van der Waals surface area contributed by atoms with Crippen molar-refractivity contribution in [3.05, 3.63) is 57.5 Å². The maximum Gasteiger partial charge on any atom is 0.143 e. The topological polar surface area (TPSA) is 25.2 Å². The van der Waals surface area contributed by atoms with Gasteiger partial charge in [-0.2, -0.15) is 0 Å². The molecule has 1 aromatic heterocycles. The van der Waals surface area contributed by atoms with Crippen molar-refractivity contribution in [3.8, 4) is 0 Å². The van der Waals surface area contributed by atoms with Gasteiger partial charge in [-0.1, -0.05) is 6.92 Å². The van der Waals surface area contributed by atoms with Gasteiger partial charge in [-0.05, 0) is 59.6 Å². The minimum absolute atomic E-state index is 0.0637. The Morgan fingerprint density at radius 2 is 2.05 bits per heavy atom. The van der Waals surface area contributed by atoms with Crippen LogP contribution in [-0.2, 0) is 6.42 Å². The normalized spacial score (nSPS) is 12.6. The van der Waals surface area contributed by atoms with Gasteiger partial charge in [-0.3, -0.25) is 0 Å². The molecule has 2 nitrogen and oxygen atoms in total. The van der Waals surface area contributed by atoms with Crippen molar-refractivity contribution < 1.29 is 13.2 Å². The third-order valence-electron chi connectivity index (χ3n) is 3.41. The highest BCUT2D eigenvalue weighted by atomic mass is 79.9. The lowest BCUT2D eigenvalue weighted by molar-refractivity contribution is 0.399. The van der Waals surface area contributed by atoms with Gasteiger partial charge in [0.15, 0.2) is 0 Å². The quantitative estimate of drug-likeness (QED) is 0.742. The predicted octanol–water partition coefficient (Wildman–Crippen LogP) is 4.91. The summed E-state index contributed by atoms with van der Waals surface area (Å²) < 4.78 is 33.8. The molecule has 2 rings (SSSR count). The highest BCUT2D eigenvalue weighted by Gasteiger charge is 2.22. The maximum atomic E-state index is 14.1. The number of hydrogen-bond acceptors (Lipinski definition) is 2. The van der Waals surface area contributed by atoms with Crippen LogP contribution in [0.5, 0.6) is 0 Å². The van der Waals surface area contributed by atoms with E-state index in [1.54, 1.807) is 6.26 Å². The molecule has 0 saturated carbocycles. The number of hydrogen-bond donors (Lipinski definition) is 1. The maximum absolute atomic E-state index is 14.1. The van der Waals surface area contributed by atoms with Crippen LogP contribution < -0.4 is 5.32 Å². The summed E-state index contributed by atoms with van der Waals surface area (Å²) >= 11 is 3.10. The Balaban J connectivity index is 2.32. The summed E-state index contributed by atoms with van der Waals surface area (Å²) in [6, 6.07) is 4.25. The minimum atomic E-state index is -0.553. The van der Waals surface area contributed by atoms with Gasteiger partial charge >= 0.3 is 0 Å². The number of aryl methyl sites for hydroxylation is 1. The van der Waals surface area contributed by atoms with Crippen molar-refractivity contribution in [3.63, 3.8) is 0 Å². The zero-order valence-electron chi connectivity index (χ0n) is 12.1. The lowest BCUT2D eigenvalue weighted by atomic mass is 10.0. The lowest BCUT2D eigenvalue weighted by Gasteiger charge is -2.18. The third kappa shape index (κ3) is 3.71. The van der Waals surface area contributed by atoms with E-state index in [1.807, 2.05) is 19.9 Å². The molecule has 0 fully saturated rings. The van der Waals surface area contributed by atoms with Gasteiger partial charge in [0.05, 0.1) is 16.8 Å². The third-order valence-corrected chi connectivity index (χ3v) is 4.02. The predicted molar refractivity (Wildman–Crippen MR) is 82.2 cm³/mol. The molecule has 1 heterocycles. The molecule has 1 aromatic carbocycles. The zero-order chi connectivity index (χ0) is 15.4. The molecule has 0 aliphatic rings. The molecule has 0 saturated heterocycles. The SMILES string of the molecule is CCCNC(Cc1c(F)ccc(Br)c1F)c1occc1C. The Morgan fingerprint density at radius 3 is 2.67 bits per heavy atom. The molecule has 0 radical (unpaired) electrons. The first-order valence-electron chi connectivity index (χ1n) is 6.94. The van der Waals surface area contributed by atoms with E-state index in [0.717, 1.165) is 24.3 Å². The van der Waals surface area contributed by atoms with Crippen molar-refractivity contribution in [1.82, 2.24) is 5.32 Å². The molecule has 0 spiro atoms. The molecule has 1 unspecified atom stereocenters. The molecular weight excluding hydrogens is 340 g/mol. The van der Waals surface area contributed by atoms with Gasteiger partial charge in [0.1, 0.15) is 17.4 Å². The smallest absolute Gasteiger partial charge is 0.143 e. The van der Waals surface area contributed by atoms with Crippen LogP contribution in [0.1, 0.15) is 36.3 Å². The molecule has 1 atom stereocenters. The lowest BCUT2D eigenvalue weighted by Crippen LogP contribution is -2.25. The van der Waals surface area contributed by atoms with E-state index in [4.69, 9.17) is 4.42 Å². The molecular formula is C16H18BrF2NO. The summed E-state index contributed by atoms with van der Waals surface area (Å²) in [5, 5.41) is 3.29. The fraction of sp³-hybridized carbons (Fsp3) is 0.375. The van der Waals surface area contributed by atoms with Gasteiger partial charge in [-0.15, -0.1) is 0 Å². The van der Waals surface area contributed by atoms with E-state index < -0.39 is 11.6 Å². The summed E-state index contributed by atoms with van der Waals surface area (Å²) in [5.41, 5.74) is 1.04. The largest absolute Gasteiger partial charge is 0.467 e. The van der Waals surface area contributed by atoms with Gasteiger partial charge in [-0.25, -0.2) is 8.78 Å². The van der Waals surface area contributed by atoms with Crippen LogP contribution in [0, 0.1) is 18.6 Å². The van der Waals surface area contributed by atoms with Crippen LogP contribution in [0.4, 0.5) is 8.78 Å². The van der Waals surface area contributed by atoms with Crippen LogP contribution in [0.15, 0.2) is 33.4 Å². The number of furan rings is 1. The van der Waals surface area contributed by atoms with Crippen LogP contribution in [0.25, 0.3) is 0 Å². The van der Waals surface area contributed by atoms with Gasteiger partial charge in [0, 0.05) is 12.0 Å². The number of rotatable bonds is 6. The molecule has 0 amide bonds. The molecule has 2 aromatic rings. The van der Waals surface area contributed by atoms with E-state index >= 15 is 0 Å². The molecule has 1 N–H and O–H groups in total. The summed E-state index contributed by atoms with van der Waals surface area (Å²) in [6.07, 6.45) is 2.73. The summed E-state index contributed by atoms with van der Waals surface area (Å²) in [4.78, 5) is 0. The van der Waals surface area contributed by atoms with Crippen LogP contribution in [0.2, 0.25) is 0 Å². The summed E-state index contributed by atoms with van der Waals surface area (Å²) in [5.74, 6) is -0.368. The Morgan fingerprint density at radius 1 is 1.29 bits per heavy atom. The second kappa shape index (κ2) is 7.18. The second-order valence-electron chi connectivity index (χ2n) is 5.00. The fourth-order valence-corrected chi connectivity index (χ4v) is 2.65. The van der Waals surface area contributed by atoms with Crippen LogP contribution >= 0.6 is 15.9 Å². The highest BCUT2D eigenvalue weighted by Crippen LogP contribution is 2.28. The molecule has 0 aliphatic heterocycles. The van der Waals surface area contributed by atoms with Gasteiger partial charge < -0.3 is 9.73 Å². The van der Waals surface area contributed by atoms with E-state index in [2.05, 4.69) is 21.2 Å². The van der Waals surface area contributed by atoms with Crippen molar-refractivity contribution in [2.75, 3.05) is 6.54 Å². The Hall–Kier alpha value is -1.20. The summed E-state index contributed by atoms with van der Waals surface area (Å²) in [6.45, 7) is 4.72. The van der Waals surface area contributed by atoms with Crippen molar-refractivity contribution in [2.24, 2.45) is 0 Å². The number of benzene rings is 1. The Bertz CT molecular complexity index is 612. The fourth-order valence-electron chi connectivity index (χ4n) is 2.28. The molecule has 5 heteroatoms. The first kappa shape index (κ1) is 16.2. The van der Waals surface area contributed by atoms with E-state index in [9.17, 15) is 8.78 Å². The first-order chi connectivity index (χ1) is 10.0. The van der Waals surface area contributed by atoms with Gasteiger partial charge in [0.25, 0.3) is 0 Å². The molecule has 21 heavy (non-hydrogen) atoms. The second-order valence-corrected chi connectivity index (χ2v) is 5.85. The average Bonchev–Trinajstić information content (AvgIpc) is 2.89. The zero-order valence-corrected chi connectivity index (χ0v) is 13.6.